The smallest absolute Gasteiger partial charge is 0.158 e. The molecule has 39 heavy (non-hydrogen) atoms. The van der Waals surface area contributed by atoms with Gasteiger partial charge in [0.1, 0.15) is 11.7 Å². The molecule has 0 aromatic carbocycles. The molecule has 1 atom stereocenters. The summed E-state index contributed by atoms with van der Waals surface area (Å²) in [6.45, 7) is 12.6. The van der Waals surface area contributed by atoms with E-state index >= 15 is 0 Å². The first-order chi connectivity index (χ1) is 18.4. The molecule has 0 bridgehead atoms. The molecule has 208 valence electrons. The van der Waals surface area contributed by atoms with Gasteiger partial charge in [0.15, 0.2) is 17.5 Å². The average molecular weight is 534 g/mol. The van der Waals surface area contributed by atoms with Gasteiger partial charge in [0.25, 0.3) is 0 Å². The average Bonchev–Trinajstić information content (AvgIpc) is 2.90. The van der Waals surface area contributed by atoms with Crippen molar-refractivity contribution in [3.8, 4) is 0 Å². The van der Waals surface area contributed by atoms with Crippen molar-refractivity contribution in [3.05, 3.63) is 77.6 Å². The maximum atomic E-state index is 13.2. The normalized spacial score (nSPS) is 21.7. The zero-order valence-electron chi connectivity index (χ0n) is 23.5. The Bertz CT molecular complexity index is 1280. The molecule has 2 aromatic heterocycles. The van der Waals surface area contributed by atoms with Gasteiger partial charge in [-0.05, 0) is 64.2 Å². The number of hydrogen-bond acceptors (Lipinski definition) is 8. The summed E-state index contributed by atoms with van der Waals surface area (Å²) in [7, 11) is 2.06. The van der Waals surface area contributed by atoms with Crippen LogP contribution in [0, 0.1) is 12.3 Å². The largest absolute Gasteiger partial charge is 0.402 e. The summed E-state index contributed by atoms with van der Waals surface area (Å²) in [5.74, 6) is 1.71. The fourth-order valence-corrected chi connectivity index (χ4v) is 4.79. The van der Waals surface area contributed by atoms with Crippen LogP contribution in [0.1, 0.15) is 75.5 Å². The van der Waals surface area contributed by atoms with E-state index in [0.717, 1.165) is 60.9 Å². The van der Waals surface area contributed by atoms with Gasteiger partial charge in [-0.2, -0.15) is 0 Å². The van der Waals surface area contributed by atoms with Gasteiger partial charge in [0.05, 0.1) is 12.3 Å². The summed E-state index contributed by atoms with van der Waals surface area (Å²) in [4.78, 5) is 24.4. The number of aryl methyl sites for hydroxylation is 1. The third-order valence-corrected chi connectivity index (χ3v) is 7.37. The molecule has 0 aliphatic heterocycles. The summed E-state index contributed by atoms with van der Waals surface area (Å²) in [6, 6.07) is 5.58. The van der Waals surface area contributed by atoms with Gasteiger partial charge >= 0.3 is 0 Å². The maximum Gasteiger partial charge on any atom is 0.158 e. The molecule has 2 heterocycles. The van der Waals surface area contributed by atoms with Gasteiger partial charge in [0, 0.05) is 53.9 Å². The van der Waals surface area contributed by atoms with Crippen molar-refractivity contribution in [2.45, 2.75) is 65.3 Å². The molecule has 0 radical (unpaired) electrons. The van der Waals surface area contributed by atoms with Crippen LogP contribution in [0.15, 0.2) is 70.5 Å². The van der Waals surface area contributed by atoms with E-state index in [0.29, 0.717) is 23.2 Å². The van der Waals surface area contributed by atoms with Crippen LogP contribution in [-0.4, -0.2) is 38.9 Å². The van der Waals surface area contributed by atoms with Crippen LogP contribution in [0.4, 0.5) is 16.0 Å². The van der Waals surface area contributed by atoms with Crippen molar-refractivity contribution in [3.63, 3.8) is 0 Å². The number of amidine groups is 1. The van der Waals surface area contributed by atoms with Crippen LogP contribution < -0.4 is 17.2 Å². The molecule has 3 rings (SSSR count). The number of aromatic nitrogens is 3. The topological polar surface area (TPSA) is 145 Å². The van der Waals surface area contributed by atoms with Crippen LogP contribution >= 0.6 is 0 Å². The van der Waals surface area contributed by atoms with E-state index in [1.807, 2.05) is 19.1 Å². The summed E-state index contributed by atoms with van der Waals surface area (Å²) in [6.07, 6.45) is 9.10. The molecule has 0 spiro atoms. The van der Waals surface area contributed by atoms with Crippen molar-refractivity contribution in [1.29, 1.82) is 0 Å². The van der Waals surface area contributed by atoms with Crippen LogP contribution in [0.2, 0.25) is 0 Å². The van der Waals surface area contributed by atoms with Crippen molar-refractivity contribution in [1.82, 2.24) is 19.9 Å². The van der Waals surface area contributed by atoms with E-state index in [2.05, 4.69) is 47.3 Å². The molecule has 6 N–H and O–H groups in total. The molecular weight excluding hydrogens is 493 g/mol. The maximum absolute atomic E-state index is 13.2. The highest BCUT2D eigenvalue weighted by Gasteiger charge is 2.37. The first kappa shape index (κ1) is 29.5. The lowest BCUT2D eigenvalue weighted by Gasteiger charge is -2.44. The van der Waals surface area contributed by atoms with Crippen molar-refractivity contribution in [2.24, 2.45) is 32.6 Å². The van der Waals surface area contributed by atoms with Crippen LogP contribution in [0.25, 0.3) is 0 Å². The number of nitrogens with zero attached hydrogens (tertiary/aromatic N) is 6. The van der Waals surface area contributed by atoms with E-state index in [9.17, 15) is 4.39 Å². The third kappa shape index (κ3) is 7.72. The van der Waals surface area contributed by atoms with Gasteiger partial charge in [-0.3, -0.25) is 0 Å². The molecule has 1 saturated carbocycles. The monoisotopic (exact) mass is 533 g/mol. The van der Waals surface area contributed by atoms with E-state index in [1.165, 1.54) is 0 Å². The molecular formula is C29H40FN9. The standard InChI is InChI=1S/C29H40FN9/c1-18(32)13-25(33)37-27-14-19(2)36-28(38-27)22-9-11-29(5,12-10-22)21(4)39(6)20(3)23-7-8-26(34-16-23)35-17-24(30)15-31/h7-8,13-17,20,22H,4,9-12,31-32H2,1-3,5-6H3,(H2,33,36,37,38)/b18-13-,24-15?,35-17?. The Morgan fingerprint density at radius 3 is 2.51 bits per heavy atom. The number of allylic oxidation sites excluding steroid dienone is 3. The van der Waals surface area contributed by atoms with E-state index in [4.69, 9.17) is 27.2 Å². The Labute approximate surface area is 230 Å². The predicted octanol–water partition coefficient (Wildman–Crippen LogP) is 5.37. The summed E-state index contributed by atoms with van der Waals surface area (Å²) >= 11 is 0. The lowest BCUT2D eigenvalue weighted by molar-refractivity contribution is 0.169. The number of aliphatic imine (C=N–C) groups is 2. The lowest BCUT2D eigenvalue weighted by Crippen LogP contribution is -2.35. The minimum Gasteiger partial charge on any atom is -0.402 e. The van der Waals surface area contributed by atoms with Crippen LogP contribution in [0.5, 0.6) is 0 Å². The Balaban J connectivity index is 1.67. The first-order valence-electron chi connectivity index (χ1n) is 13.0. The summed E-state index contributed by atoms with van der Waals surface area (Å²) in [5, 5.41) is 0. The fourth-order valence-electron chi connectivity index (χ4n) is 4.79. The second kappa shape index (κ2) is 12.6. The Morgan fingerprint density at radius 2 is 1.92 bits per heavy atom. The second-order valence-corrected chi connectivity index (χ2v) is 10.5. The zero-order valence-corrected chi connectivity index (χ0v) is 23.5. The van der Waals surface area contributed by atoms with Crippen LogP contribution in [-0.2, 0) is 0 Å². The third-order valence-electron chi connectivity index (χ3n) is 7.37. The molecule has 10 heteroatoms. The lowest BCUT2D eigenvalue weighted by atomic mass is 9.69. The van der Waals surface area contributed by atoms with Gasteiger partial charge in [-0.1, -0.05) is 19.6 Å². The molecule has 1 aliphatic carbocycles. The van der Waals surface area contributed by atoms with E-state index in [1.54, 1.807) is 25.3 Å². The second-order valence-electron chi connectivity index (χ2n) is 10.5. The fraction of sp³-hybridized carbons (Fsp3) is 0.414. The van der Waals surface area contributed by atoms with Gasteiger partial charge in [-0.15, -0.1) is 0 Å². The van der Waals surface area contributed by atoms with Crippen molar-refractivity contribution >= 4 is 23.7 Å². The SMILES string of the molecule is C=C(N(C)C(C)c1ccc(N=CC(F)=CN)nc1)C1(C)CCC(c2nc(C)cc(N=C(N)/C=C(/C)N)n2)CC1. The van der Waals surface area contributed by atoms with Gasteiger partial charge in [-0.25, -0.2) is 29.3 Å². The van der Waals surface area contributed by atoms with Gasteiger partial charge in [0.2, 0.25) is 0 Å². The minimum atomic E-state index is -0.615. The van der Waals surface area contributed by atoms with Crippen molar-refractivity contribution < 1.29 is 4.39 Å². The molecule has 9 nitrogen and oxygen atoms in total. The van der Waals surface area contributed by atoms with E-state index < -0.39 is 5.83 Å². The first-order valence-corrected chi connectivity index (χ1v) is 13.0. The summed E-state index contributed by atoms with van der Waals surface area (Å²) in [5.41, 5.74) is 20.3. The number of rotatable bonds is 9. The Kier molecular flexibility index (Phi) is 9.56. The molecule has 1 fully saturated rings. The van der Waals surface area contributed by atoms with Gasteiger partial charge < -0.3 is 22.1 Å². The predicted molar refractivity (Wildman–Crippen MR) is 156 cm³/mol. The Morgan fingerprint density at radius 1 is 1.23 bits per heavy atom. The zero-order chi connectivity index (χ0) is 28.7. The van der Waals surface area contributed by atoms with E-state index in [-0.39, 0.29) is 17.4 Å². The highest BCUT2D eigenvalue weighted by atomic mass is 19.1. The molecule has 0 amide bonds. The highest BCUT2D eigenvalue weighted by Crippen LogP contribution is 2.48. The minimum absolute atomic E-state index is 0.0513. The molecule has 1 aliphatic rings. The molecule has 1 unspecified atom stereocenters. The van der Waals surface area contributed by atoms with Crippen molar-refractivity contribution in [2.75, 3.05) is 7.05 Å². The van der Waals surface area contributed by atoms with Crippen LogP contribution in [0.3, 0.4) is 0 Å². The Hall–Kier alpha value is -4.08. The number of hydrogen-bond donors (Lipinski definition) is 3. The number of halogens is 1. The highest BCUT2D eigenvalue weighted by molar-refractivity contribution is 5.93. The quantitative estimate of drug-likeness (QED) is 0.290. The number of nitrogens with two attached hydrogens (primary N) is 3. The molecule has 0 saturated heterocycles. The number of pyridine rings is 1. The summed E-state index contributed by atoms with van der Waals surface area (Å²) < 4.78 is 13.2. The molecule has 2 aromatic rings.